The molecule has 0 aliphatic heterocycles. The molecule has 39 heavy (non-hydrogen) atoms. The van der Waals surface area contributed by atoms with Crippen LogP contribution in [0.25, 0.3) is 22.0 Å². The Balaban J connectivity index is 2.09. The normalized spacial score (nSPS) is 12.4. The number of nitrogens with one attached hydrogen (secondary N) is 2. The number of allylic oxidation sites excluding steroid dienone is 3. The molecule has 206 valence electrons. The van der Waals surface area contributed by atoms with E-state index in [9.17, 15) is 14.4 Å². The van der Waals surface area contributed by atoms with Crippen molar-refractivity contribution >= 4 is 29.1 Å². The minimum atomic E-state index is -0.511. The molecule has 0 aliphatic carbocycles. The van der Waals surface area contributed by atoms with Gasteiger partial charge in [0, 0.05) is 65.3 Å². The number of pyridine rings is 1. The number of aldehydes is 1. The fourth-order valence-corrected chi connectivity index (χ4v) is 4.58. The Morgan fingerprint density at radius 2 is 1.90 bits per heavy atom. The van der Waals surface area contributed by atoms with Crippen LogP contribution in [-0.4, -0.2) is 48.4 Å². The molecule has 0 saturated carbocycles. The average molecular weight is 531 g/mol. The zero-order chi connectivity index (χ0) is 28.7. The number of hydrogen-bond donors (Lipinski definition) is 2. The number of methoxy groups -OCH3 is 1. The Bertz CT molecular complexity index is 1430. The summed E-state index contributed by atoms with van der Waals surface area (Å²) in [7, 11) is 3.15. The van der Waals surface area contributed by atoms with E-state index < -0.39 is 5.97 Å². The van der Waals surface area contributed by atoms with E-state index in [1.165, 1.54) is 7.11 Å². The first-order valence-electron chi connectivity index (χ1n) is 13.2. The Morgan fingerprint density at radius 1 is 1.15 bits per heavy atom. The van der Waals surface area contributed by atoms with Crippen molar-refractivity contribution in [2.45, 2.75) is 53.5 Å². The summed E-state index contributed by atoms with van der Waals surface area (Å²) in [6.45, 7) is 10.3. The van der Waals surface area contributed by atoms with E-state index in [1.807, 2.05) is 39.1 Å². The standard InChI is InChI=1S/C31H38N4O4/c1-8-9-22(12-21(5)32-6)25(18-36)16-34-30(37)26-13-24(23-10-11-27(33-15-23)31(38)39-7)14-28-29(26)20(4)17-35(28)19(2)3/h10-15,17-19,32H,8-9,16H2,1-7H3,(H,34,37)/b21-12-,25-22-. The summed E-state index contributed by atoms with van der Waals surface area (Å²) in [5.74, 6) is -0.780. The third-order valence-electron chi connectivity index (χ3n) is 6.71. The molecule has 8 heteroatoms. The van der Waals surface area contributed by atoms with E-state index in [4.69, 9.17) is 4.74 Å². The molecule has 0 unspecified atom stereocenters. The predicted molar refractivity (Wildman–Crippen MR) is 155 cm³/mol. The number of aromatic nitrogens is 2. The first-order valence-corrected chi connectivity index (χ1v) is 13.2. The number of carbonyl (C=O) groups is 3. The lowest BCUT2D eigenvalue weighted by molar-refractivity contribution is -0.105. The van der Waals surface area contributed by atoms with E-state index in [2.05, 4.69) is 47.2 Å². The Morgan fingerprint density at radius 3 is 2.46 bits per heavy atom. The first-order chi connectivity index (χ1) is 18.6. The molecule has 1 aromatic carbocycles. The van der Waals surface area contributed by atoms with Crippen LogP contribution in [0.3, 0.4) is 0 Å². The van der Waals surface area contributed by atoms with Crippen LogP contribution in [0, 0.1) is 6.92 Å². The largest absolute Gasteiger partial charge is 0.464 e. The maximum absolute atomic E-state index is 13.7. The maximum Gasteiger partial charge on any atom is 0.356 e. The fraction of sp³-hybridized carbons (Fsp3) is 0.355. The number of rotatable bonds is 11. The summed E-state index contributed by atoms with van der Waals surface area (Å²) in [6, 6.07) is 7.45. The summed E-state index contributed by atoms with van der Waals surface area (Å²) in [4.78, 5) is 41.8. The van der Waals surface area contributed by atoms with Gasteiger partial charge in [0.05, 0.1) is 7.11 Å². The number of aryl methyl sites for hydroxylation is 1. The molecule has 0 fully saturated rings. The van der Waals surface area contributed by atoms with Crippen LogP contribution in [0.5, 0.6) is 0 Å². The number of esters is 1. The zero-order valence-electron chi connectivity index (χ0n) is 23.8. The van der Waals surface area contributed by atoms with Crippen molar-refractivity contribution in [3.63, 3.8) is 0 Å². The van der Waals surface area contributed by atoms with Gasteiger partial charge in [0.2, 0.25) is 0 Å². The third-order valence-corrected chi connectivity index (χ3v) is 6.71. The number of ether oxygens (including phenoxy) is 1. The van der Waals surface area contributed by atoms with Crippen LogP contribution in [0.1, 0.15) is 73.0 Å². The molecule has 0 atom stereocenters. The molecule has 0 aliphatic rings. The summed E-state index contributed by atoms with van der Waals surface area (Å²) >= 11 is 0. The van der Waals surface area contributed by atoms with Gasteiger partial charge in [0.1, 0.15) is 12.0 Å². The van der Waals surface area contributed by atoms with Gasteiger partial charge in [-0.25, -0.2) is 9.78 Å². The topological polar surface area (TPSA) is 102 Å². The molecule has 3 rings (SSSR count). The molecule has 2 N–H and O–H groups in total. The highest BCUT2D eigenvalue weighted by Gasteiger charge is 2.20. The van der Waals surface area contributed by atoms with Gasteiger partial charge in [-0.05, 0) is 75.1 Å². The van der Waals surface area contributed by atoms with E-state index in [1.54, 1.807) is 18.3 Å². The molecule has 0 radical (unpaired) electrons. The summed E-state index contributed by atoms with van der Waals surface area (Å²) in [6.07, 6.45) is 8.04. The zero-order valence-corrected chi connectivity index (χ0v) is 23.8. The molecular formula is C31H38N4O4. The monoisotopic (exact) mass is 530 g/mol. The predicted octanol–water partition coefficient (Wildman–Crippen LogP) is 5.53. The summed E-state index contributed by atoms with van der Waals surface area (Å²) < 4.78 is 6.90. The average Bonchev–Trinajstić information content (AvgIpc) is 3.28. The number of benzene rings is 1. The van der Waals surface area contributed by atoms with Gasteiger partial charge in [0.25, 0.3) is 5.91 Å². The van der Waals surface area contributed by atoms with Gasteiger partial charge in [-0.2, -0.15) is 0 Å². The van der Waals surface area contributed by atoms with Crippen molar-refractivity contribution in [1.82, 2.24) is 20.2 Å². The summed E-state index contributed by atoms with van der Waals surface area (Å²) in [5, 5.41) is 6.93. The Hall–Kier alpha value is -4.20. The summed E-state index contributed by atoms with van der Waals surface area (Å²) in [5.41, 5.74) is 6.58. The maximum atomic E-state index is 13.7. The Kier molecular flexibility index (Phi) is 9.82. The van der Waals surface area contributed by atoms with Crippen molar-refractivity contribution in [3.05, 3.63) is 76.4 Å². The number of nitrogens with zero attached hydrogens (tertiary/aromatic N) is 2. The quantitative estimate of drug-likeness (QED) is 0.146. The molecule has 1 amide bonds. The van der Waals surface area contributed by atoms with E-state index in [-0.39, 0.29) is 24.2 Å². The molecule has 0 bridgehead atoms. The second-order valence-electron chi connectivity index (χ2n) is 9.83. The highest BCUT2D eigenvalue weighted by molar-refractivity contribution is 6.09. The van der Waals surface area contributed by atoms with Crippen molar-refractivity contribution in [1.29, 1.82) is 0 Å². The molecule has 2 heterocycles. The van der Waals surface area contributed by atoms with Crippen molar-refractivity contribution in [2.75, 3.05) is 20.7 Å². The molecular weight excluding hydrogens is 492 g/mol. The lowest BCUT2D eigenvalue weighted by Gasteiger charge is -2.14. The van der Waals surface area contributed by atoms with Crippen LogP contribution >= 0.6 is 0 Å². The van der Waals surface area contributed by atoms with Crippen LogP contribution in [0.4, 0.5) is 0 Å². The lowest BCUT2D eigenvalue weighted by Crippen LogP contribution is -2.27. The number of carbonyl (C=O) groups excluding carboxylic acids is 3. The highest BCUT2D eigenvalue weighted by Crippen LogP contribution is 2.33. The van der Waals surface area contributed by atoms with Crippen LogP contribution < -0.4 is 10.6 Å². The van der Waals surface area contributed by atoms with Gasteiger partial charge in [0.15, 0.2) is 0 Å². The first kappa shape index (κ1) is 29.4. The number of amides is 1. The van der Waals surface area contributed by atoms with Crippen LogP contribution in [-0.2, 0) is 9.53 Å². The smallest absolute Gasteiger partial charge is 0.356 e. The van der Waals surface area contributed by atoms with Gasteiger partial charge in [-0.1, -0.05) is 19.4 Å². The van der Waals surface area contributed by atoms with Gasteiger partial charge in [-0.15, -0.1) is 0 Å². The van der Waals surface area contributed by atoms with Crippen molar-refractivity contribution in [2.24, 2.45) is 0 Å². The second-order valence-corrected chi connectivity index (χ2v) is 9.83. The molecule has 2 aromatic heterocycles. The van der Waals surface area contributed by atoms with Crippen LogP contribution in [0.15, 0.2) is 59.6 Å². The minimum Gasteiger partial charge on any atom is -0.464 e. The van der Waals surface area contributed by atoms with Crippen molar-refractivity contribution < 1.29 is 19.1 Å². The molecule has 0 saturated heterocycles. The fourth-order valence-electron chi connectivity index (χ4n) is 4.58. The molecule has 3 aromatic rings. The number of hydrogen-bond acceptors (Lipinski definition) is 6. The number of fused-ring (bicyclic) bond motifs is 1. The molecule has 8 nitrogen and oxygen atoms in total. The van der Waals surface area contributed by atoms with Gasteiger partial charge < -0.3 is 19.9 Å². The van der Waals surface area contributed by atoms with Gasteiger partial charge >= 0.3 is 5.97 Å². The van der Waals surface area contributed by atoms with Crippen LogP contribution in [0.2, 0.25) is 0 Å². The van der Waals surface area contributed by atoms with E-state index in [0.717, 1.165) is 58.0 Å². The SMILES string of the molecule is CCCC(/C=C(/C)NC)=C(/C=O)CNC(=O)c1cc(-c2ccc(C(=O)OC)nc2)cc2c1c(C)cn2C(C)C. The third kappa shape index (κ3) is 6.63. The lowest BCUT2D eigenvalue weighted by atomic mass is 9.98. The second kappa shape index (κ2) is 13.0. The Labute approximate surface area is 230 Å². The molecule has 0 spiro atoms. The minimum absolute atomic E-state index is 0.121. The van der Waals surface area contributed by atoms with E-state index >= 15 is 0 Å². The van der Waals surface area contributed by atoms with E-state index in [0.29, 0.717) is 11.1 Å². The van der Waals surface area contributed by atoms with Crippen molar-refractivity contribution in [3.8, 4) is 11.1 Å². The highest BCUT2D eigenvalue weighted by atomic mass is 16.5. The van der Waals surface area contributed by atoms with Gasteiger partial charge in [-0.3, -0.25) is 9.59 Å².